The van der Waals surface area contributed by atoms with E-state index in [9.17, 15) is 4.79 Å². The number of piperazine rings is 1. The van der Waals surface area contributed by atoms with E-state index < -0.39 is 0 Å². The molecular formula is C21H27N3O3S. The number of carbonyl (C=O) groups is 1. The van der Waals surface area contributed by atoms with Crippen molar-refractivity contribution < 1.29 is 14.3 Å². The molecule has 6 nitrogen and oxygen atoms in total. The molecule has 1 aromatic carbocycles. The molecule has 150 valence electrons. The highest BCUT2D eigenvalue weighted by molar-refractivity contribution is 7.13. The summed E-state index contributed by atoms with van der Waals surface area (Å²) in [6.45, 7) is 5.83. The predicted molar refractivity (Wildman–Crippen MR) is 113 cm³/mol. The third kappa shape index (κ3) is 5.25. The number of unbranched alkanes of at least 4 members (excludes halogenated alkanes) is 1. The number of carbonyl (C=O) groups excluding carboxylic acids is 1. The fourth-order valence-corrected chi connectivity index (χ4v) is 3.69. The second-order valence-electron chi connectivity index (χ2n) is 6.57. The van der Waals surface area contributed by atoms with Crippen LogP contribution in [0, 0.1) is 0 Å². The summed E-state index contributed by atoms with van der Waals surface area (Å²) < 4.78 is 11.2. The summed E-state index contributed by atoms with van der Waals surface area (Å²) in [7, 11) is 1.63. The Morgan fingerprint density at radius 2 is 2.07 bits per heavy atom. The van der Waals surface area contributed by atoms with E-state index in [-0.39, 0.29) is 5.91 Å². The maximum Gasteiger partial charge on any atom is 0.246 e. The molecule has 1 aliphatic heterocycles. The Morgan fingerprint density at radius 1 is 1.25 bits per heavy atom. The molecule has 3 rings (SSSR count). The molecule has 7 heteroatoms. The molecule has 0 atom stereocenters. The molecule has 0 bridgehead atoms. The van der Waals surface area contributed by atoms with Crippen LogP contribution in [-0.2, 0) is 4.79 Å². The normalized spacial score (nSPS) is 14.5. The van der Waals surface area contributed by atoms with Gasteiger partial charge >= 0.3 is 0 Å². The number of thiazole rings is 1. The summed E-state index contributed by atoms with van der Waals surface area (Å²) in [5.74, 6) is 1.45. The lowest BCUT2D eigenvalue weighted by molar-refractivity contribution is -0.126. The van der Waals surface area contributed by atoms with Gasteiger partial charge in [0.25, 0.3) is 0 Å². The van der Waals surface area contributed by atoms with Crippen LogP contribution >= 0.6 is 11.3 Å². The lowest BCUT2D eigenvalue weighted by atomic mass is 10.2. The summed E-state index contributed by atoms with van der Waals surface area (Å²) in [6, 6.07) is 5.73. The highest BCUT2D eigenvalue weighted by atomic mass is 32.1. The number of amides is 1. The first-order valence-electron chi connectivity index (χ1n) is 9.63. The Bertz CT molecular complexity index is 784. The molecule has 2 heterocycles. The lowest BCUT2D eigenvalue weighted by Gasteiger charge is -2.34. The number of benzene rings is 1. The van der Waals surface area contributed by atoms with Crippen LogP contribution in [0.5, 0.6) is 11.5 Å². The van der Waals surface area contributed by atoms with Gasteiger partial charge in [0.2, 0.25) is 5.91 Å². The van der Waals surface area contributed by atoms with Crippen LogP contribution in [0.2, 0.25) is 0 Å². The molecule has 1 aliphatic rings. The number of nitrogens with zero attached hydrogens (tertiary/aromatic N) is 3. The van der Waals surface area contributed by atoms with Gasteiger partial charge in [0.1, 0.15) is 0 Å². The van der Waals surface area contributed by atoms with Crippen molar-refractivity contribution in [2.75, 3.05) is 44.8 Å². The van der Waals surface area contributed by atoms with E-state index in [1.165, 1.54) is 0 Å². The number of aromatic nitrogens is 1. The van der Waals surface area contributed by atoms with Crippen LogP contribution in [0.15, 0.2) is 35.9 Å². The standard InChI is InChI=1S/C21H27N3O3S/c1-3-4-14-27-18-7-5-17(16-19(18)26-2)6-8-20(25)23-10-12-24(13-11-23)21-22-9-15-28-21/h5-9,15-16H,3-4,10-14H2,1-2H3/b8-6+. The molecule has 28 heavy (non-hydrogen) atoms. The fraction of sp³-hybridized carbons (Fsp3) is 0.429. The van der Waals surface area contributed by atoms with Gasteiger partial charge in [0.15, 0.2) is 16.6 Å². The first-order chi connectivity index (χ1) is 13.7. The van der Waals surface area contributed by atoms with Crippen LogP contribution in [0.25, 0.3) is 6.08 Å². The Labute approximate surface area is 170 Å². The van der Waals surface area contributed by atoms with Crippen molar-refractivity contribution in [3.8, 4) is 11.5 Å². The second-order valence-corrected chi connectivity index (χ2v) is 7.45. The van der Waals surface area contributed by atoms with Crippen LogP contribution in [0.3, 0.4) is 0 Å². The fourth-order valence-electron chi connectivity index (χ4n) is 3.00. The van der Waals surface area contributed by atoms with Crippen molar-refractivity contribution in [3.63, 3.8) is 0 Å². The molecule has 0 spiro atoms. The number of hydrogen-bond acceptors (Lipinski definition) is 6. The molecule has 0 radical (unpaired) electrons. The van der Waals surface area contributed by atoms with Gasteiger partial charge in [0.05, 0.1) is 13.7 Å². The van der Waals surface area contributed by atoms with Crippen molar-refractivity contribution in [1.82, 2.24) is 9.88 Å². The summed E-state index contributed by atoms with van der Waals surface area (Å²) in [5.41, 5.74) is 0.912. The van der Waals surface area contributed by atoms with E-state index in [0.29, 0.717) is 25.4 Å². The highest BCUT2D eigenvalue weighted by Gasteiger charge is 2.20. The summed E-state index contributed by atoms with van der Waals surface area (Å²) >= 11 is 1.63. The number of rotatable bonds is 8. The van der Waals surface area contributed by atoms with Gasteiger partial charge in [-0.1, -0.05) is 19.4 Å². The molecule has 2 aromatic rings. The van der Waals surface area contributed by atoms with Gasteiger partial charge in [-0.25, -0.2) is 4.98 Å². The summed E-state index contributed by atoms with van der Waals surface area (Å²) in [6.07, 6.45) is 7.37. The first-order valence-corrected chi connectivity index (χ1v) is 10.5. The average Bonchev–Trinajstić information content (AvgIpc) is 3.28. The third-order valence-electron chi connectivity index (χ3n) is 4.64. The lowest BCUT2D eigenvalue weighted by Crippen LogP contribution is -2.48. The Morgan fingerprint density at radius 3 is 2.75 bits per heavy atom. The minimum absolute atomic E-state index is 0.0287. The summed E-state index contributed by atoms with van der Waals surface area (Å²) in [4.78, 5) is 20.9. The quantitative estimate of drug-likeness (QED) is 0.499. The third-order valence-corrected chi connectivity index (χ3v) is 5.47. The minimum Gasteiger partial charge on any atom is -0.493 e. The van der Waals surface area contributed by atoms with Gasteiger partial charge in [-0.2, -0.15) is 0 Å². The van der Waals surface area contributed by atoms with Crippen LogP contribution in [-0.4, -0.2) is 55.7 Å². The van der Waals surface area contributed by atoms with E-state index >= 15 is 0 Å². The van der Waals surface area contributed by atoms with Gasteiger partial charge < -0.3 is 19.3 Å². The van der Waals surface area contributed by atoms with E-state index in [4.69, 9.17) is 9.47 Å². The monoisotopic (exact) mass is 401 g/mol. The van der Waals surface area contributed by atoms with Gasteiger partial charge in [-0.05, 0) is 30.2 Å². The predicted octanol–water partition coefficient (Wildman–Crippen LogP) is 3.69. The number of methoxy groups -OCH3 is 1. The Kier molecular flexibility index (Phi) is 7.31. The average molecular weight is 402 g/mol. The van der Waals surface area contributed by atoms with Gasteiger partial charge in [-0.15, -0.1) is 11.3 Å². The number of ether oxygens (including phenoxy) is 2. The molecule has 0 saturated carbocycles. The molecule has 1 amide bonds. The number of anilines is 1. The second kappa shape index (κ2) is 10.1. The maximum absolute atomic E-state index is 12.5. The van der Waals surface area contributed by atoms with E-state index in [1.807, 2.05) is 40.8 Å². The van der Waals surface area contributed by atoms with Crippen molar-refractivity contribution in [2.45, 2.75) is 19.8 Å². The van der Waals surface area contributed by atoms with Gasteiger partial charge in [0, 0.05) is 43.8 Å². The zero-order chi connectivity index (χ0) is 19.8. The molecular weight excluding hydrogens is 374 g/mol. The smallest absolute Gasteiger partial charge is 0.246 e. The van der Waals surface area contributed by atoms with E-state index in [1.54, 1.807) is 24.5 Å². The Balaban J connectivity index is 1.55. The first kappa shape index (κ1) is 20.2. The van der Waals surface area contributed by atoms with Crippen LogP contribution in [0.1, 0.15) is 25.3 Å². The van der Waals surface area contributed by atoms with Crippen molar-refractivity contribution >= 4 is 28.5 Å². The summed E-state index contributed by atoms with van der Waals surface area (Å²) in [5, 5.41) is 3.00. The zero-order valence-corrected chi connectivity index (χ0v) is 17.3. The van der Waals surface area contributed by atoms with Crippen molar-refractivity contribution in [3.05, 3.63) is 41.4 Å². The zero-order valence-electron chi connectivity index (χ0n) is 16.5. The van der Waals surface area contributed by atoms with Crippen molar-refractivity contribution in [1.29, 1.82) is 0 Å². The maximum atomic E-state index is 12.5. The number of hydrogen-bond donors (Lipinski definition) is 0. The van der Waals surface area contributed by atoms with Crippen molar-refractivity contribution in [2.24, 2.45) is 0 Å². The van der Waals surface area contributed by atoms with Crippen LogP contribution < -0.4 is 14.4 Å². The Hall–Kier alpha value is -2.54. The van der Waals surface area contributed by atoms with E-state index in [0.717, 1.165) is 42.4 Å². The molecule has 0 unspecified atom stereocenters. The molecule has 0 aliphatic carbocycles. The van der Waals surface area contributed by atoms with Gasteiger partial charge in [-0.3, -0.25) is 4.79 Å². The minimum atomic E-state index is 0.0287. The molecule has 1 fully saturated rings. The largest absolute Gasteiger partial charge is 0.493 e. The molecule has 0 N–H and O–H groups in total. The topological polar surface area (TPSA) is 54.9 Å². The molecule has 1 saturated heterocycles. The SMILES string of the molecule is CCCCOc1ccc(/C=C/C(=O)N2CCN(c3nccs3)CC2)cc1OC. The van der Waals surface area contributed by atoms with E-state index in [2.05, 4.69) is 16.8 Å². The van der Waals surface area contributed by atoms with Crippen LogP contribution in [0.4, 0.5) is 5.13 Å². The highest BCUT2D eigenvalue weighted by Crippen LogP contribution is 2.29. The molecule has 1 aromatic heterocycles.